The number of thiocarbonyl (C=S) groups is 1. The van der Waals surface area contributed by atoms with E-state index in [0.29, 0.717) is 32.3 Å². The smallest absolute Gasteiger partial charge is 0.266 e. The normalized spacial score (nSPS) is 14.6. The number of thiazole rings is 1. The predicted molar refractivity (Wildman–Crippen MR) is 155 cm³/mol. The first-order valence-electron chi connectivity index (χ1n) is 11.7. The number of unbranched alkanes of at least 4 members (excludes halogenated alkanes) is 2. The fourth-order valence-corrected chi connectivity index (χ4v) is 5.97. The van der Waals surface area contributed by atoms with E-state index >= 15 is 0 Å². The number of carbonyl (C=O) groups is 2. The van der Waals surface area contributed by atoms with Crippen LogP contribution in [-0.2, 0) is 16.0 Å². The summed E-state index contributed by atoms with van der Waals surface area (Å²) in [5, 5.41) is 4.19. The van der Waals surface area contributed by atoms with Crippen molar-refractivity contribution in [2.24, 2.45) is 0 Å². The van der Waals surface area contributed by atoms with Crippen LogP contribution in [0.3, 0.4) is 0 Å². The van der Waals surface area contributed by atoms with Crippen LogP contribution >= 0.6 is 46.9 Å². The van der Waals surface area contributed by atoms with Crippen LogP contribution in [0.25, 0.3) is 6.08 Å². The van der Waals surface area contributed by atoms with Crippen LogP contribution < -0.4 is 5.32 Å². The quantitative estimate of drug-likeness (QED) is 0.164. The average molecular weight is 556 g/mol. The van der Waals surface area contributed by atoms with E-state index in [9.17, 15) is 9.59 Å². The lowest BCUT2D eigenvalue weighted by Crippen LogP contribution is -2.29. The van der Waals surface area contributed by atoms with Crippen molar-refractivity contribution in [2.75, 3.05) is 11.9 Å². The lowest BCUT2D eigenvalue weighted by Gasteiger charge is -2.14. The maximum absolute atomic E-state index is 12.7. The number of anilines is 1. The first-order valence-corrected chi connectivity index (χ1v) is 14.1. The molecule has 0 saturated carbocycles. The number of nitrogens with one attached hydrogen (secondary N) is 1. The number of hydrogen-bond donors (Lipinski definition) is 1. The van der Waals surface area contributed by atoms with E-state index in [0.717, 1.165) is 36.1 Å². The molecule has 0 bridgehead atoms. The number of carbonyl (C=O) groups excluding carboxylic acids is 2. The number of rotatable bonds is 10. The van der Waals surface area contributed by atoms with E-state index in [1.807, 2.05) is 24.4 Å². The Labute approximate surface area is 230 Å². The molecule has 0 aliphatic carbocycles. The third-order valence-electron chi connectivity index (χ3n) is 5.63. The third kappa shape index (κ3) is 7.49. The second-order valence-electron chi connectivity index (χ2n) is 8.54. The van der Waals surface area contributed by atoms with Gasteiger partial charge in [0.15, 0.2) is 5.13 Å². The molecule has 0 radical (unpaired) electrons. The van der Waals surface area contributed by atoms with Gasteiger partial charge in [-0.25, -0.2) is 4.98 Å². The Hall–Kier alpha value is -2.52. The molecule has 1 aliphatic heterocycles. The molecular weight excluding hydrogens is 530 g/mol. The van der Waals surface area contributed by atoms with E-state index < -0.39 is 0 Å². The number of hydrogen-bond acceptors (Lipinski definition) is 6. The number of halogens is 1. The van der Waals surface area contributed by atoms with Crippen molar-refractivity contribution < 1.29 is 9.59 Å². The minimum atomic E-state index is -0.0668. The summed E-state index contributed by atoms with van der Waals surface area (Å²) in [7, 11) is 0. The summed E-state index contributed by atoms with van der Waals surface area (Å²) in [5.74, 6) is -0.106. The topological polar surface area (TPSA) is 62.3 Å². The Morgan fingerprint density at radius 1 is 1.11 bits per heavy atom. The minimum Gasteiger partial charge on any atom is -0.302 e. The third-order valence-corrected chi connectivity index (χ3v) is 8.17. The van der Waals surface area contributed by atoms with Gasteiger partial charge in [0, 0.05) is 35.5 Å². The maximum atomic E-state index is 12.7. The van der Waals surface area contributed by atoms with Gasteiger partial charge in [0.25, 0.3) is 5.91 Å². The van der Waals surface area contributed by atoms with Gasteiger partial charge in [-0.1, -0.05) is 84.0 Å². The molecule has 0 spiro atoms. The van der Waals surface area contributed by atoms with Crippen LogP contribution in [0.4, 0.5) is 5.13 Å². The molecule has 4 rings (SSSR count). The average Bonchev–Trinajstić information content (AvgIpc) is 3.40. The van der Waals surface area contributed by atoms with E-state index in [1.165, 1.54) is 34.2 Å². The summed E-state index contributed by atoms with van der Waals surface area (Å²) >= 11 is 14.2. The zero-order chi connectivity index (χ0) is 25.5. The lowest BCUT2D eigenvalue weighted by atomic mass is 10.1. The molecule has 1 aliphatic rings. The monoisotopic (exact) mass is 555 g/mol. The first kappa shape index (κ1) is 26.5. The number of amides is 2. The molecule has 3 aromatic rings. The van der Waals surface area contributed by atoms with Crippen molar-refractivity contribution in [1.29, 1.82) is 0 Å². The SMILES string of the molecule is Cc1ccc(Cc2cnc(NC(=O)CCCCCN3C(=O)/C(=C\c4ccc(Cl)cc4)SC3=S)s2)cc1. The van der Waals surface area contributed by atoms with Crippen molar-refractivity contribution >= 4 is 74.3 Å². The Balaban J connectivity index is 1.16. The summed E-state index contributed by atoms with van der Waals surface area (Å²) in [4.78, 5) is 32.8. The highest BCUT2D eigenvalue weighted by molar-refractivity contribution is 8.26. The standard InChI is InChI=1S/C27H26ClN3O2S3/c1-18-6-8-19(9-7-18)15-22-17-29-26(35-22)30-24(32)5-3-2-4-14-31-25(33)23(36-27(31)34)16-20-10-12-21(28)13-11-20/h6-13,16-17H,2-5,14-15H2,1H3,(H,29,30,32)/b23-16+. The molecule has 2 aromatic carbocycles. The Morgan fingerprint density at radius 2 is 1.86 bits per heavy atom. The van der Waals surface area contributed by atoms with Crippen LogP contribution in [0.15, 0.2) is 59.6 Å². The summed E-state index contributed by atoms with van der Waals surface area (Å²) in [5.41, 5.74) is 3.37. The van der Waals surface area contributed by atoms with Crippen LogP contribution in [0, 0.1) is 6.92 Å². The van der Waals surface area contributed by atoms with Crippen molar-refractivity contribution in [3.8, 4) is 0 Å². The molecule has 0 atom stereocenters. The Kier molecular flexibility index (Phi) is 9.31. The number of thioether (sulfide) groups is 1. The molecule has 9 heteroatoms. The van der Waals surface area contributed by atoms with E-state index in [-0.39, 0.29) is 11.8 Å². The van der Waals surface area contributed by atoms with Gasteiger partial charge in [-0.3, -0.25) is 14.5 Å². The van der Waals surface area contributed by atoms with Gasteiger partial charge in [-0.05, 0) is 49.1 Å². The van der Waals surface area contributed by atoms with Gasteiger partial charge >= 0.3 is 0 Å². The second kappa shape index (κ2) is 12.6. The van der Waals surface area contributed by atoms with E-state index in [1.54, 1.807) is 17.0 Å². The first-order chi connectivity index (χ1) is 17.4. The highest BCUT2D eigenvalue weighted by Crippen LogP contribution is 2.33. The fraction of sp³-hybridized carbons (Fsp3) is 0.259. The van der Waals surface area contributed by atoms with Crippen LogP contribution in [0.2, 0.25) is 5.02 Å². The van der Waals surface area contributed by atoms with Gasteiger partial charge in [0.05, 0.1) is 4.91 Å². The van der Waals surface area contributed by atoms with Crippen molar-refractivity contribution in [2.45, 2.75) is 39.0 Å². The highest BCUT2D eigenvalue weighted by atomic mass is 35.5. The summed E-state index contributed by atoms with van der Waals surface area (Å²) in [6.07, 6.45) is 7.24. The second-order valence-corrected chi connectivity index (χ2v) is 11.8. The van der Waals surface area contributed by atoms with Gasteiger partial charge in [0.1, 0.15) is 4.32 Å². The molecule has 1 fully saturated rings. The molecular formula is C27H26ClN3O2S3. The molecule has 1 aromatic heterocycles. The van der Waals surface area contributed by atoms with Crippen molar-refractivity contribution in [3.05, 3.63) is 86.2 Å². The molecule has 5 nitrogen and oxygen atoms in total. The van der Waals surface area contributed by atoms with Gasteiger partial charge in [0.2, 0.25) is 5.91 Å². The Morgan fingerprint density at radius 3 is 2.61 bits per heavy atom. The van der Waals surface area contributed by atoms with Gasteiger partial charge in [-0.2, -0.15) is 0 Å². The fourth-order valence-electron chi connectivity index (χ4n) is 3.67. The van der Waals surface area contributed by atoms with Crippen molar-refractivity contribution in [1.82, 2.24) is 9.88 Å². The maximum Gasteiger partial charge on any atom is 0.266 e. The van der Waals surface area contributed by atoms with E-state index in [2.05, 4.69) is 41.5 Å². The molecule has 186 valence electrons. The Bertz CT molecular complexity index is 1270. The zero-order valence-electron chi connectivity index (χ0n) is 19.8. The number of nitrogens with zero attached hydrogens (tertiary/aromatic N) is 2. The molecule has 2 heterocycles. The molecule has 1 N–H and O–H groups in total. The predicted octanol–water partition coefficient (Wildman–Crippen LogP) is 7.10. The molecule has 2 amide bonds. The number of benzene rings is 2. The lowest BCUT2D eigenvalue weighted by molar-refractivity contribution is -0.122. The summed E-state index contributed by atoms with van der Waals surface area (Å²) < 4.78 is 0.572. The number of aryl methyl sites for hydroxylation is 1. The molecule has 36 heavy (non-hydrogen) atoms. The number of aromatic nitrogens is 1. The van der Waals surface area contributed by atoms with Crippen molar-refractivity contribution in [3.63, 3.8) is 0 Å². The highest BCUT2D eigenvalue weighted by Gasteiger charge is 2.31. The van der Waals surface area contributed by atoms with Crippen LogP contribution in [-0.4, -0.2) is 32.6 Å². The molecule has 1 saturated heterocycles. The van der Waals surface area contributed by atoms with Crippen LogP contribution in [0.1, 0.15) is 47.3 Å². The van der Waals surface area contributed by atoms with Crippen LogP contribution in [0.5, 0.6) is 0 Å². The summed E-state index contributed by atoms with van der Waals surface area (Å²) in [6.45, 7) is 2.63. The molecule has 0 unspecified atom stereocenters. The van der Waals surface area contributed by atoms with Gasteiger partial charge in [-0.15, -0.1) is 11.3 Å². The zero-order valence-corrected chi connectivity index (χ0v) is 23.0. The minimum absolute atomic E-state index is 0.0391. The largest absolute Gasteiger partial charge is 0.302 e. The summed E-state index contributed by atoms with van der Waals surface area (Å²) in [6, 6.07) is 15.8. The van der Waals surface area contributed by atoms with E-state index in [4.69, 9.17) is 23.8 Å². The van der Waals surface area contributed by atoms with Gasteiger partial charge < -0.3 is 5.32 Å².